The molecule has 0 aliphatic carbocycles. The molecule has 0 aromatic rings. The van der Waals surface area contributed by atoms with Crippen LogP contribution in [-0.4, -0.2) is 121 Å². The van der Waals surface area contributed by atoms with Crippen LogP contribution in [0, 0.1) is 11.8 Å². The van der Waals surface area contributed by atoms with Crippen LogP contribution in [0.5, 0.6) is 0 Å². The first kappa shape index (κ1) is 27.3. The number of fused-ring (bicyclic) bond motifs is 2. The van der Waals surface area contributed by atoms with Crippen LogP contribution >= 0.6 is 0 Å². The van der Waals surface area contributed by atoms with Crippen LogP contribution in [0.3, 0.4) is 0 Å². The number of hydrogen-bond donors (Lipinski definition) is 1. The highest BCUT2D eigenvalue weighted by Crippen LogP contribution is 2.53. The summed E-state index contributed by atoms with van der Waals surface area (Å²) in [6.07, 6.45) is 11.7. The first-order valence-electron chi connectivity index (χ1n) is 14.3. The van der Waals surface area contributed by atoms with E-state index >= 15 is 0 Å². The highest BCUT2D eigenvalue weighted by Gasteiger charge is 2.71. The third-order valence-electron chi connectivity index (χ3n) is 8.53. The molecule has 0 radical (unpaired) electrons. The maximum Gasteiger partial charge on any atom is 0.312 e. The number of unbranched alkanes of at least 4 members (excludes halogenated alkanes) is 2. The Bertz CT molecular complexity index is 933. The van der Waals surface area contributed by atoms with E-state index in [9.17, 15) is 19.5 Å². The van der Waals surface area contributed by atoms with Crippen LogP contribution in [0.1, 0.15) is 38.5 Å². The number of aliphatic hydroxyl groups excluding tert-OH is 1. The fourth-order valence-corrected chi connectivity index (χ4v) is 6.56. The van der Waals surface area contributed by atoms with Crippen molar-refractivity contribution in [3.63, 3.8) is 0 Å². The second-order valence-electron chi connectivity index (χ2n) is 10.9. The fraction of sp³-hybridized carbons (Fsp3) is 0.750. The lowest BCUT2D eigenvalue weighted by atomic mass is 9.78. The molecule has 0 aromatic carbocycles. The zero-order chi connectivity index (χ0) is 26.5. The molecule has 1 unspecified atom stereocenters. The Morgan fingerprint density at radius 1 is 0.947 bits per heavy atom. The van der Waals surface area contributed by atoms with Crippen LogP contribution in [0.25, 0.3) is 0 Å². The molecule has 210 valence electrons. The smallest absolute Gasteiger partial charge is 0.312 e. The second kappa shape index (κ2) is 12.3. The number of likely N-dealkylation sites (tertiary alicyclic amines) is 1. The summed E-state index contributed by atoms with van der Waals surface area (Å²) in [6, 6.07) is -0.837. The summed E-state index contributed by atoms with van der Waals surface area (Å²) < 4.78 is 17.7. The molecule has 3 fully saturated rings. The minimum atomic E-state index is -1.22. The summed E-state index contributed by atoms with van der Waals surface area (Å²) in [5.41, 5.74) is -1.22. The molecule has 10 nitrogen and oxygen atoms in total. The molecule has 1 spiro atoms. The van der Waals surface area contributed by atoms with E-state index in [2.05, 4.69) is 4.90 Å². The summed E-state index contributed by atoms with van der Waals surface area (Å²) in [5, 5.41) is 9.22. The van der Waals surface area contributed by atoms with E-state index in [0.717, 1.165) is 45.3 Å². The average Bonchev–Trinajstić information content (AvgIpc) is 3.31. The van der Waals surface area contributed by atoms with Gasteiger partial charge in [-0.2, -0.15) is 0 Å². The predicted octanol–water partition coefficient (Wildman–Crippen LogP) is 0.744. The molecule has 10 heteroatoms. The van der Waals surface area contributed by atoms with Crippen LogP contribution < -0.4 is 0 Å². The number of amides is 2. The van der Waals surface area contributed by atoms with E-state index in [-0.39, 0.29) is 18.4 Å². The summed E-state index contributed by atoms with van der Waals surface area (Å²) in [4.78, 5) is 47.4. The van der Waals surface area contributed by atoms with Gasteiger partial charge in [-0.15, -0.1) is 0 Å². The SMILES string of the molecule is O=C1OCCCC/C=C\[C@H]2O[C@]34C=CCN(CCN5CCOCC5)C(=O)C3N(CCCCCO)C(=O)[C@@H]4[C@@H]12. The minimum Gasteiger partial charge on any atom is -0.465 e. The van der Waals surface area contributed by atoms with E-state index in [4.69, 9.17) is 14.2 Å². The summed E-state index contributed by atoms with van der Waals surface area (Å²) >= 11 is 0. The molecule has 5 aliphatic heterocycles. The molecule has 5 atom stereocenters. The van der Waals surface area contributed by atoms with E-state index in [0.29, 0.717) is 52.3 Å². The Labute approximate surface area is 224 Å². The number of carbonyl (C=O) groups is 3. The number of cyclic esters (lactones) is 1. The molecular formula is C28H41N3O7. The van der Waals surface area contributed by atoms with Crippen molar-refractivity contribution in [3.8, 4) is 0 Å². The monoisotopic (exact) mass is 531 g/mol. The number of nitrogens with zero attached hydrogens (tertiary/aromatic N) is 3. The first-order valence-corrected chi connectivity index (χ1v) is 14.3. The van der Waals surface area contributed by atoms with Crippen molar-refractivity contribution in [2.75, 3.05) is 65.7 Å². The molecular weight excluding hydrogens is 490 g/mol. The Morgan fingerprint density at radius 3 is 2.61 bits per heavy atom. The highest BCUT2D eigenvalue weighted by molar-refractivity contribution is 5.99. The van der Waals surface area contributed by atoms with Gasteiger partial charge in [0.15, 0.2) is 0 Å². The van der Waals surface area contributed by atoms with Gasteiger partial charge in [-0.25, -0.2) is 0 Å². The summed E-state index contributed by atoms with van der Waals surface area (Å²) in [5.74, 6) is -2.39. The fourth-order valence-electron chi connectivity index (χ4n) is 6.56. The number of allylic oxidation sites excluding steroid dienone is 1. The lowest BCUT2D eigenvalue weighted by Crippen LogP contribution is -2.56. The summed E-state index contributed by atoms with van der Waals surface area (Å²) in [6.45, 7) is 5.56. The molecule has 3 saturated heterocycles. The number of esters is 1. The van der Waals surface area contributed by atoms with Gasteiger partial charge in [0.25, 0.3) is 0 Å². The predicted molar refractivity (Wildman–Crippen MR) is 138 cm³/mol. The van der Waals surface area contributed by atoms with E-state index in [1.54, 1.807) is 4.90 Å². The van der Waals surface area contributed by atoms with Crippen LogP contribution in [0.4, 0.5) is 0 Å². The lowest BCUT2D eigenvalue weighted by Gasteiger charge is -2.36. The van der Waals surface area contributed by atoms with Gasteiger partial charge < -0.3 is 29.1 Å². The van der Waals surface area contributed by atoms with Crippen molar-refractivity contribution in [3.05, 3.63) is 24.3 Å². The van der Waals surface area contributed by atoms with Crippen molar-refractivity contribution < 1.29 is 33.7 Å². The van der Waals surface area contributed by atoms with Crippen LogP contribution in [-0.2, 0) is 28.6 Å². The Kier molecular flexibility index (Phi) is 8.82. The lowest BCUT2D eigenvalue weighted by molar-refractivity contribution is -0.155. The van der Waals surface area contributed by atoms with Crippen molar-refractivity contribution >= 4 is 17.8 Å². The molecule has 0 saturated carbocycles. The van der Waals surface area contributed by atoms with Gasteiger partial charge in [0, 0.05) is 45.9 Å². The Morgan fingerprint density at radius 2 is 1.79 bits per heavy atom. The van der Waals surface area contributed by atoms with Crippen molar-refractivity contribution in [1.82, 2.24) is 14.7 Å². The normalized spacial score (nSPS) is 34.9. The molecule has 0 aromatic heterocycles. The molecule has 0 bridgehead atoms. The van der Waals surface area contributed by atoms with Gasteiger partial charge in [-0.3, -0.25) is 19.3 Å². The van der Waals surface area contributed by atoms with E-state index < -0.39 is 35.6 Å². The van der Waals surface area contributed by atoms with Crippen LogP contribution in [0.2, 0.25) is 0 Å². The quantitative estimate of drug-likeness (QED) is 0.278. The molecule has 38 heavy (non-hydrogen) atoms. The number of hydrogen-bond acceptors (Lipinski definition) is 8. The minimum absolute atomic E-state index is 0.0893. The van der Waals surface area contributed by atoms with Crippen molar-refractivity contribution in [2.45, 2.75) is 56.3 Å². The molecule has 2 amide bonds. The van der Waals surface area contributed by atoms with Crippen LogP contribution in [0.15, 0.2) is 24.3 Å². The number of morpholine rings is 1. The maximum atomic E-state index is 14.2. The van der Waals surface area contributed by atoms with Gasteiger partial charge in [-0.05, 0) is 38.5 Å². The van der Waals surface area contributed by atoms with E-state index in [1.165, 1.54) is 0 Å². The molecule has 5 aliphatic rings. The topological polar surface area (TPSA) is 109 Å². The van der Waals surface area contributed by atoms with Crippen molar-refractivity contribution in [1.29, 1.82) is 0 Å². The number of aliphatic hydroxyl groups is 1. The average molecular weight is 532 g/mol. The maximum absolute atomic E-state index is 14.2. The van der Waals surface area contributed by atoms with Gasteiger partial charge in [0.1, 0.15) is 17.6 Å². The molecule has 5 rings (SSSR count). The number of ether oxygens (including phenoxy) is 3. The number of carbonyl (C=O) groups excluding carboxylic acids is 3. The van der Waals surface area contributed by atoms with Gasteiger partial charge in [0.2, 0.25) is 11.8 Å². The largest absolute Gasteiger partial charge is 0.465 e. The van der Waals surface area contributed by atoms with E-state index in [1.807, 2.05) is 29.2 Å². The Hall–Kier alpha value is -2.27. The third kappa shape index (κ3) is 5.28. The van der Waals surface area contributed by atoms with Gasteiger partial charge >= 0.3 is 5.97 Å². The first-order chi connectivity index (χ1) is 18.6. The highest BCUT2D eigenvalue weighted by atomic mass is 16.6. The zero-order valence-electron chi connectivity index (χ0n) is 22.2. The Balaban J connectivity index is 1.44. The van der Waals surface area contributed by atoms with Gasteiger partial charge in [0.05, 0.1) is 31.8 Å². The standard InChI is InChI=1S/C28H41N3O7/c32-17-6-3-5-12-31-24-26(34)30(14-13-29-15-19-36-20-16-29)11-8-10-28(24)23(25(31)33)22-21(38-28)9-4-1-2-7-18-37-27(22)35/h4,8-10,21-24,32H,1-3,5-7,11-20H2/b9-4-/t21-,22+,23+,24?,28+/m1/s1. The molecule has 1 N–H and O–H groups in total. The molecule has 5 heterocycles. The third-order valence-corrected chi connectivity index (χ3v) is 8.53. The number of rotatable bonds is 8. The zero-order valence-corrected chi connectivity index (χ0v) is 22.2. The second-order valence-corrected chi connectivity index (χ2v) is 10.9. The van der Waals surface area contributed by atoms with Crippen molar-refractivity contribution in [2.24, 2.45) is 11.8 Å². The summed E-state index contributed by atoms with van der Waals surface area (Å²) in [7, 11) is 0. The van der Waals surface area contributed by atoms with Gasteiger partial charge in [-0.1, -0.05) is 24.3 Å².